The molecule has 0 spiro atoms. The second-order valence-electron chi connectivity index (χ2n) is 5.99. The minimum atomic E-state index is 0.751. The Hall–Kier alpha value is -0.0800. The first-order valence-corrected chi connectivity index (χ1v) is 7.21. The van der Waals surface area contributed by atoms with Crippen LogP contribution >= 0.6 is 0 Å². The molecule has 0 aromatic heterocycles. The van der Waals surface area contributed by atoms with Crippen LogP contribution in [0.5, 0.6) is 0 Å². The Kier molecular flexibility index (Phi) is 4.26. The Morgan fingerprint density at radius 3 is 2.56 bits per heavy atom. The molecule has 2 rings (SSSR count). The van der Waals surface area contributed by atoms with Gasteiger partial charge in [-0.25, -0.2) is 0 Å². The zero-order valence-corrected chi connectivity index (χ0v) is 11.2. The van der Waals surface area contributed by atoms with Crippen LogP contribution in [0.25, 0.3) is 0 Å². The Labute approximate surface area is 101 Å². The third kappa shape index (κ3) is 2.60. The fraction of sp³-hybridized carbons (Fsp3) is 1.00. The van der Waals surface area contributed by atoms with Crippen molar-refractivity contribution in [2.24, 2.45) is 5.92 Å². The van der Waals surface area contributed by atoms with Gasteiger partial charge in [-0.15, -0.1) is 0 Å². The third-order valence-corrected chi connectivity index (χ3v) is 4.42. The molecule has 1 N–H and O–H groups in total. The Bertz CT molecular complexity index is 211. The summed E-state index contributed by atoms with van der Waals surface area (Å²) in [4.78, 5) is 2.82. The highest BCUT2D eigenvalue weighted by Crippen LogP contribution is 2.30. The minimum Gasteiger partial charge on any atom is -0.311 e. The van der Waals surface area contributed by atoms with Crippen LogP contribution in [0.3, 0.4) is 0 Å². The van der Waals surface area contributed by atoms with Gasteiger partial charge in [0.2, 0.25) is 0 Å². The van der Waals surface area contributed by atoms with Crippen LogP contribution in [0, 0.1) is 5.92 Å². The molecule has 2 heteroatoms. The quantitative estimate of drug-likeness (QED) is 0.790. The van der Waals surface area contributed by atoms with E-state index in [4.69, 9.17) is 0 Å². The van der Waals surface area contributed by atoms with E-state index in [1.807, 2.05) is 0 Å². The van der Waals surface area contributed by atoms with Gasteiger partial charge in [0.15, 0.2) is 0 Å². The monoisotopic (exact) mass is 224 g/mol. The molecular weight excluding hydrogens is 196 g/mol. The van der Waals surface area contributed by atoms with Crippen molar-refractivity contribution in [2.45, 2.75) is 71.0 Å². The van der Waals surface area contributed by atoms with Crippen molar-refractivity contribution in [3.8, 4) is 0 Å². The van der Waals surface area contributed by atoms with E-state index in [0.717, 1.165) is 24.0 Å². The molecule has 16 heavy (non-hydrogen) atoms. The molecule has 2 fully saturated rings. The number of nitrogens with one attached hydrogen (secondary N) is 1. The van der Waals surface area contributed by atoms with Crippen LogP contribution in [0.1, 0.15) is 52.9 Å². The van der Waals surface area contributed by atoms with Crippen LogP contribution in [-0.4, -0.2) is 36.1 Å². The van der Waals surface area contributed by atoms with E-state index in [1.165, 1.54) is 45.2 Å². The van der Waals surface area contributed by atoms with E-state index in [-0.39, 0.29) is 0 Å². The summed E-state index contributed by atoms with van der Waals surface area (Å²) >= 11 is 0. The summed E-state index contributed by atoms with van der Waals surface area (Å²) < 4.78 is 0. The van der Waals surface area contributed by atoms with Crippen molar-refractivity contribution in [2.75, 3.05) is 13.1 Å². The summed E-state index contributed by atoms with van der Waals surface area (Å²) in [6.07, 6.45) is 7.00. The summed E-state index contributed by atoms with van der Waals surface area (Å²) in [7, 11) is 0. The van der Waals surface area contributed by atoms with Crippen LogP contribution in [0.4, 0.5) is 0 Å². The molecule has 1 saturated carbocycles. The van der Waals surface area contributed by atoms with E-state index in [9.17, 15) is 0 Å². The second-order valence-corrected chi connectivity index (χ2v) is 5.99. The van der Waals surface area contributed by atoms with Gasteiger partial charge >= 0.3 is 0 Å². The van der Waals surface area contributed by atoms with E-state index < -0.39 is 0 Å². The number of nitrogens with zero attached hydrogens (tertiary/aromatic N) is 1. The van der Waals surface area contributed by atoms with Crippen LogP contribution in [-0.2, 0) is 0 Å². The highest BCUT2D eigenvalue weighted by atomic mass is 15.3. The van der Waals surface area contributed by atoms with E-state index in [0.29, 0.717) is 0 Å². The van der Waals surface area contributed by atoms with Gasteiger partial charge in [0.25, 0.3) is 0 Å². The third-order valence-electron chi connectivity index (χ3n) is 4.42. The van der Waals surface area contributed by atoms with Gasteiger partial charge in [0.05, 0.1) is 0 Å². The molecule has 1 heterocycles. The lowest BCUT2D eigenvalue weighted by molar-refractivity contribution is 0.0205. The molecule has 0 amide bonds. The maximum Gasteiger partial charge on any atom is 0.0247 e. The number of hydrogen-bond donors (Lipinski definition) is 1. The van der Waals surface area contributed by atoms with Gasteiger partial charge in [-0.3, -0.25) is 4.90 Å². The molecule has 94 valence electrons. The predicted molar refractivity (Wildman–Crippen MR) is 69.7 cm³/mol. The average Bonchev–Trinajstić information content (AvgIpc) is 2.15. The highest BCUT2D eigenvalue weighted by Gasteiger charge is 2.36. The molecule has 2 unspecified atom stereocenters. The van der Waals surface area contributed by atoms with Gasteiger partial charge < -0.3 is 5.32 Å². The summed E-state index contributed by atoms with van der Waals surface area (Å²) in [5.41, 5.74) is 0. The maximum absolute atomic E-state index is 3.74. The summed E-state index contributed by atoms with van der Waals surface area (Å²) in [6.45, 7) is 9.54. The van der Waals surface area contributed by atoms with Crippen LogP contribution in [0.2, 0.25) is 0 Å². The molecule has 0 aromatic rings. The first-order chi connectivity index (χ1) is 7.72. The van der Waals surface area contributed by atoms with Crippen molar-refractivity contribution in [3.05, 3.63) is 0 Å². The summed E-state index contributed by atoms with van der Waals surface area (Å²) in [6, 6.07) is 2.44. The largest absolute Gasteiger partial charge is 0.311 e. The summed E-state index contributed by atoms with van der Waals surface area (Å²) in [5, 5.41) is 3.74. The first kappa shape index (κ1) is 12.4. The lowest BCUT2D eigenvalue weighted by atomic mass is 9.86. The number of rotatable bonds is 4. The molecule has 0 aromatic carbocycles. The normalized spacial score (nSPS) is 33.0. The van der Waals surface area contributed by atoms with Crippen molar-refractivity contribution in [1.82, 2.24) is 10.2 Å². The molecule has 0 radical (unpaired) electrons. The van der Waals surface area contributed by atoms with E-state index in [2.05, 4.69) is 31.0 Å². The highest BCUT2D eigenvalue weighted by molar-refractivity contribution is 4.93. The standard InChI is InChI=1S/C14H28N2/c1-4-6-12-10-16(13-7-5-8-13)14(9-15-12)11(2)3/h11-15H,4-10H2,1-3H3. The number of piperazine rings is 1. The van der Waals surface area contributed by atoms with E-state index >= 15 is 0 Å². The van der Waals surface area contributed by atoms with Crippen LogP contribution < -0.4 is 5.32 Å². The molecule has 1 aliphatic heterocycles. The lowest BCUT2D eigenvalue weighted by Crippen LogP contribution is -2.62. The van der Waals surface area contributed by atoms with Crippen molar-refractivity contribution in [1.29, 1.82) is 0 Å². The van der Waals surface area contributed by atoms with Gasteiger partial charge in [-0.05, 0) is 25.2 Å². The van der Waals surface area contributed by atoms with Crippen molar-refractivity contribution >= 4 is 0 Å². The van der Waals surface area contributed by atoms with Gasteiger partial charge in [0.1, 0.15) is 0 Å². The molecule has 1 saturated heterocycles. The smallest absolute Gasteiger partial charge is 0.0247 e. The molecule has 2 nitrogen and oxygen atoms in total. The second kappa shape index (κ2) is 5.50. The number of hydrogen-bond acceptors (Lipinski definition) is 2. The molecule has 2 aliphatic rings. The first-order valence-electron chi connectivity index (χ1n) is 7.21. The Morgan fingerprint density at radius 1 is 1.31 bits per heavy atom. The predicted octanol–water partition coefficient (Wildman–Crippen LogP) is 2.64. The summed E-state index contributed by atoms with van der Waals surface area (Å²) in [5.74, 6) is 0.788. The zero-order chi connectivity index (χ0) is 11.5. The molecule has 2 atom stereocenters. The molecule has 1 aliphatic carbocycles. The molecule has 0 bridgehead atoms. The topological polar surface area (TPSA) is 15.3 Å². The average molecular weight is 224 g/mol. The van der Waals surface area contributed by atoms with Crippen molar-refractivity contribution < 1.29 is 0 Å². The zero-order valence-electron chi connectivity index (χ0n) is 11.2. The van der Waals surface area contributed by atoms with Crippen LogP contribution in [0.15, 0.2) is 0 Å². The fourth-order valence-electron chi connectivity index (χ4n) is 3.16. The molecular formula is C14H28N2. The SMILES string of the molecule is CCCC1CN(C2CCC2)C(C(C)C)CN1. The van der Waals surface area contributed by atoms with Gasteiger partial charge in [-0.1, -0.05) is 33.6 Å². The lowest BCUT2D eigenvalue weighted by Gasteiger charge is -2.49. The van der Waals surface area contributed by atoms with Gasteiger partial charge in [-0.2, -0.15) is 0 Å². The van der Waals surface area contributed by atoms with Crippen molar-refractivity contribution in [3.63, 3.8) is 0 Å². The maximum atomic E-state index is 3.74. The fourth-order valence-corrected chi connectivity index (χ4v) is 3.16. The van der Waals surface area contributed by atoms with E-state index in [1.54, 1.807) is 0 Å². The minimum absolute atomic E-state index is 0.751. The van der Waals surface area contributed by atoms with Gasteiger partial charge in [0, 0.05) is 31.2 Å². The Balaban J connectivity index is 1.94. The Morgan fingerprint density at radius 2 is 2.06 bits per heavy atom.